The molecule has 0 N–H and O–H groups in total. The van der Waals surface area contributed by atoms with Crippen LogP contribution in [0.1, 0.15) is 38.3 Å². The second-order valence-electron chi connectivity index (χ2n) is 4.63. The van der Waals surface area contributed by atoms with Crippen LogP contribution in [0.4, 0.5) is 5.82 Å². The highest BCUT2D eigenvalue weighted by Crippen LogP contribution is 2.24. The highest BCUT2D eigenvalue weighted by Gasteiger charge is 2.18. The summed E-state index contributed by atoms with van der Waals surface area (Å²) < 4.78 is 1.10. The molecule has 1 unspecified atom stereocenters. The summed E-state index contributed by atoms with van der Waals surface area (Å²) in [6.45, 7) is 5.51. The number of pyridine rings is 1. The van der Waals surface area contributed by atoms with Gasteiger partial charge in [-0.05, 0) is 54.8 Å². The lowest BCUT2D eigenvalue weighted by Gasteiger charge is -2.28. The van der Waals surface area contributed by atoms with Crippen molar-refractivity contribution in [1.29, 1.82) is 0 Å². The normalized spacial score (nSPS) is 21.9. The van der Waals surface area contributed by atoms with Gasteiger partial charge in [0, 0.05) is 17.1 Å². The fourth-order valence-corrected chi connectivity index (χ4v) is 2.53. The number of aryl methyl sites for hydroxylation is 1. The molecule has 3 heteroatoms. The van der Waals surface area contributed by atoms with Crippen molar-refractivity contribution >= 4 is 21.7 Å². The van der Waals surface area contributed by atoms with Crippen LogP contribution in [0.25, 0.3) is 0 Å². The molecule has 1 aromatic heterocycles. The van der Waals surface area contributed by atoms with E-state index in [1.807, 2.05) is 0 Å². The second-order valence-corrected chi connectivity index (χ2v) is 5.48. The first-order valence-electron chi connectivity index (χ1n) is 6.08. The molecule has 0 aromatic carbocycles. The van der Waals surface area contributed by atoms with Gasteiger partial charge in [0.15, 0.2) is 0 Å². The first-order valence-corrected chi connectivity index (χ1v) is 6.87. The Balaban J connectivity index is 2.23. The molecule has 0 saturated carbocycles. The minimum absolute atomic E-state index is 0.621. The smallest absolute Gasteiger partial charge is 0.129 e. The zero-order chi connectivity index (χ0) is 11.5. The average Bonchev–Trinajstić information content (AvgIpc) is 2.47. The van der Waals surface area contributed by atoms with Gasteiger partial charge >= 0.3 is 0 Å². The minimum Gasteiger partial charge on any atom is -0.354 e. The molecule has 1 aliphatic rings. The Kier molecular flexibility index (Phi) is 3.85. The summed E-state index contributed by atoms with van der Waals surface area (Å²) in [4.78, 5) is 7.12. The van der Waals surface area contributed by atoms with E-state index in [9.17, 15) is 0 Å². The summed E-state index contributed by atoms with van der Waals surface area (Å²) in [6, 6.07) is 4.85. The second kappa shape index (κ2) is 5.17. The Morgan fingerprint density at radius 1 is 1.31 bits per heavy atom. The third kappa shape index (κ3) is 2.57. The molecule has 88 valence electrons. The predicted octanol–water partition coefficient (Wildman–Crippen LogP) is 3.92. The van der Waals surface area contributed by atoms with Crippen LogP contribution >= 0.6 is 15.9 Å². The van der Waals surface area contributed by atoms with E-state index in [4.69, 9.17) is 0 Å². The number of rotatable bonds is 1. The molecule has 16 heavy (non-hydrogen) atoms. The van der Waals surface area contributed by atoms with Gasteiger partial charge in [-0.25, -0.2) is 4.98 Å². The molecule has 0 amide bonds. The summed E-state index contributed by atoms with van der Waals surface area (Å²) in [7, 11) is 0. The van der Waals surface area contributed by atoms with Crippen molar-refractivity contribution in [3.05, 3.63) is 22.3 Å². The molecule has 1 saturated heterocycles. The molecule has 1 atom stereocenters. The first kappa shape index (κ1) is 11.9. The van der Waals surface area contributed by atoms with E-state index < -0.39 is 0 Å². The van der Waals surface area contributed by atoms with Gasteiger partial charge in [-0.1, -0.05) is 12.8 Å². The molecule has 0 radical (unpaired) electrons. The van der Waals surface area contributed by atoms with E-state index in [-0.39, 0.29) is 0 Å². The third-order valence-corrected chi connectivity index (χ3v) is 4.19. The van der Waals surface area contributed by atoms with Crippen LogP contribution in [0.5, 0.6) is 0 Å². The first-order chi connectivity index (χ1) is 7.68. The van der Waals surface area contributed by atoms with E-state index in [0.29, 0.717) is 6.04 Å². The maximum atomic E-state index is 4.67. The van der Waals surface area contributed by atoms with Crippen molar-refractivity contribution < 1.29 is 0 Å². The summed E-state index contributed by atoms with van der Waals surface area (Å²) >= 11 is 3.50. The van der Waals surface area contributed by atoms with Gasteiger partial charge in [0.25, 0.3) is 0 Å². The van der Waals surface area contributed by atoms with Crippen LogP contribution in [0.2, 0.25) is 0 Å². The summed E-state index contributed by atoms with van der Waals surface area (Å²) in [5.41, 5.74) is 1.08. The Labute approximate surface area is 106 Å². The SMILES string of the molecule is Cc1nc(N2CCCCCC2C)ccc1Br. The molecule has 0 aliphatic carbocycles. The quantitative estimate of drug-likeness (QED) is 0.776. The molecule has 1 fully saturated rings. The Morgan fingerprint density at radius 2 is 2.12 bits per heavy atom. The number of hydrogen-bond donors (Lipinski definition) is 0. The van der Waals surface area contributed by atoms with Gasteiger partial charge in [0.2, 0.25) is 0 Å². The van der Waals surface area contributed by atoms with Gasteiger partial charge < -0.3 is 4.90 Å². The lowest BCUT2D eigenvalue weighted by atomic mass is 10.1. The highest BCUT2D eigenvalue weighted by atomic mass is 79.9. The predicted molar refractivity (Wildman–Crippen MR) is 72.0 cm³/mol. The van der Waals surface area contributed by atoms with Gasteiger partial charge in [0.1, 0.15) is 5.82 Å². The topological polar surface area (TPSA) is 16.1 Å². The van der Waals surface area contributed by atoms with E-state index in [1.165, 1.54) is 25.7 Å². The largest absolute Gasteiger partial charge is 0.354 e. The Morgan fingerprint density at radius 3 is 2.88 bits per heavy atom. The van der Waals surface area contributed by atoms with Gasteiger partial charge in [-0.15, -0.1) is 0 Å². The molecule has 1 aliphatic heterocycles. The van der Waals surface area contributed by atoms with Crippen molar-refractivity contribution in [1.82, 2.24) is 4.98 Å². The number of anilines is 1. The van der Waals surface area contributed by atoms with Crippen LogP contribution in [-0.4, -0.2) is 17.6 Å². The standard InChI is InChI=1S/C13H19BrN2/c1-10-6-4-3-5-9-16(10)13-8-7-12(14)11(2)15-13/h7-8,10H,3-6,9H2,1-2H3. The van der Waals surface area contributed by atoms with Crippen molar-refractivity contribution in [3.63, 3.8) is 0 Å². The molecule has 0 spiro atoms. The van der Waals surface area contributed by atoms with Gasteiger partial charge in [-0.3, -0.25) is 0 Å². The molecule has 2 rings (SSSR count). The zero-order valence-electron chi connectivity index (χ0n) is 10.0. The molecular formula is C13H19BrN2. The van der Waals surface area contributed by atoms with E-state index >= 15 is 0 Å². The van der Waals surface area contributed by atoms with Gasteiger partial charge in [0.05, 0.1) is 5.69 Å². The van der Waals surface area contributed by atoms with Crippen molar-refractivity contribution in [2.24, 2.45) is 0 Å². The summed E-state index contributed by atoms with van der Waals surface area (Å²) in [5, 5.41) is 0. The van der Waals surface area contributed by atoms with E-state index in [1.54, 1.807) is 0 Å². The molecule has 2 heterocycles. The molecule has 2 nitrogen and oxygen atoms in total. The van der Waals surface area contributed by atoms with Crippen LogP contribution in [0, 0.1) is 6.92 Å². The number of aromatic nitrogens is 1. The minimum atomic E-state index is 0.621. The monoisotopic (exact) mass is 282 g/mol. The van der Waals surface area contributed by atoms with Crippen molar-refractivity contribution in [3.8, 4) is 0 Å². The number of hydrogen-bond acceptors (Lipinski definition) is 2. The van der Waals surface area contributed by atoms with Crippen LogP contribution < -0.4 is 4.90 Å². The van der Waals surface area contributed by atoms with Crippen LogP contribution in [0.3, 0.4) is 0 Å². The Hall–Kier alpha value is -0.570. The number of halogens is 1. The molecule has 0 bridgehead atoms. The molecular weight excluding hydrogens is 264 g/mol. The molecule has 1 aromatic rings. The van der Waals surface area contributed by atoms with Crippen molar-refractivity contribution in [2.75, 3.05) is 11.4 Å². The lowest BCUT2D eigenvalue weighted by Crippen LogP contribution is -2.33. The summed E-state index contributed by atoms with van der Waals surface area (Å²) in [6.07, 6.45) is 5.29. The maximum absolute atomic E-state index is 4.67. The maximum Gasteiger partial charge on any atom is 0.129 e. The average molecular weight is 283 g/mol. The van der Waals surface area contributed by atoms with Crippen LogP contribution in [-0.2, 0) is 0 Å². The van der Waals surface area contributed by atoms with Crippen LogP contribution in [0.15, 0.2) is 16.6 Å². The lowest BCUT2D eigenvalue weighted by molar-refractivity contribution is 0.610. The Bertz CT molecular complexity index is 365. The van der Waals surface area contributed by atoms with Crippen molar-refractivity contribution in [2.45, 2.75) is 45.6 Å². The fourth-order valence-electron chi connectivity index (χ4n) is 2.31. The fraction of sp³-hybridized carbons (Fsp3) is 0.615. The van der Waals surface area contributed by atoms with E-state index in [2.05, 4.69) is 51.8 Å². The number of nitrogens with zero attached hydrogens (tertiary/aromatic N) is 2. The zero-order valence-corrected chi connectivity index (χ0v) is 11.6. The third-order valence-electron chi connectivity index (χ3n) is 3.35. The summed E-state index contributed by atoms with van der Waals surface area (Å²) in [5.74, 6) is 1.13. The van der Waals surface area contributed by atoms with Gasteiger partial charge in [-0.2, -0.15) is 0 Å². The highest BCUT2D eigenvalue weighted by molar-refractivity contribution is 9.10. The van der Waals surface area contributed by atoms with E-state index in [0.717, 1.165) is 22.5 Å².